The van der Waals surface area contributed by atoms with E-state index < -0.39 is 4.92 Å². The fourth-order valence-corrected chi connectivity index (χ4v) is 3.09. The average Bonchev–Trinajstić information content (AvgIpc) is 3.49. The van der Waals surface area contributed by atoms with Crippen molar-refractivity contribution in [2.24, 2.45) is 0 Å². The molecule has 0 atom stereocenters. The van der Waals surface area contributed by atoms with Crippen LogP contribution in [-0.4, -0.2) is 36.5 Å². The van der Waals surface area contributed by atoms with Crippen molar-refractivity contribution < 1.29 is 9.72 Å². The Morgan fingerprint density at radius 3 is 2.68 bits per heavy atom. The number of likely N-dealkylation sites (N-methyl/N-ethyl adjacent to an activating group) is 1. The quantitative estimate of drug-likeness (QED) is 0.510. The summed E-state index contributed by atoms with van der Waals surface area (Å²) in [5.74, 6) is -0.304. The lowest BCUT2D eigenvalue weighted by atomic mass is 10.1. The average molecular weight is 382 g/mol. The molecule has 148 valence electrons. The molecule has 2 aromatic rings. The number of nitrogens with zero attached hydrogens (tertiary/aromatic N) is 2. The second-order valence-electron chi connectivity index (χ2n) is 7.08. The van der Waals surface area contributed by atoms with Crippen LogP contribution in [0.5, 0.6) is 0 Å². The van der Waals surface area contributed by atoms with Gasteiger partial charge in [-0.3, -0.25) is 14.9 Å². The van der Waals surface area contributed by atoms with Gasteiger partial charge < -0.3 is 15.5 Å². The van der Waals surface area contributed by atoms with Gasteiger partial charge in [0.2, 0.25) is 0 Å². The molecule has 0 radical (unpaired) electrons. The minimum atomic E-state index is -0.446. The topological polar surface area (TPSA) is 87.5 Å². The van der Waals surface area contributed by atoms with Crippen molar-refractivity contribution >= 4 is 23.0 Å². The van der Waals surface area contributed by atoms with Gasteiger partial charge in [-0.25, -0.2) is 0 Å². The maximum atomic E-state index is 12.5. The van der Waals surface area contributed by atoms with Crippen LogP contribution in [0.4, 0.5) is 17.1 Å². The van der Waals surface area contributed by atoms with Gasteiger partial charge in [-0.1, -0.05) is 12.1 Å². The molecule has 1 fully saturated rings. The lowest BCUT2D eigenvalue weighted by Gasteiger charge is -2.23. The van der Waals surface area contributed by atoms with Gasteiger partial charge in [0.1, 0.15) is 5.69 Å². The number of hydrogen-bond donors (Lipinski definition) is 2. The molecule has 1 amide bonds. The molecule has 0 bridgehead atoms. The van der Waals surface area contributed by atoms with Crippen molar-refractivity contribution in [3.05, 3.63) is 63.7 Å². The zero-order valence-electron chi connectivity index (χ0n) is 16.3. The molecule has 3 rings (SSSR count). The third kappa shape index (κ3) is 5.00. The van der Waals surface area contributed by atoms with Gasteiger partial charge in [-0.05, 0) is 56.5 Å². The summed E-state index contributed by atoms with van der Waals surface area (Å²) in [6.07, 6.45) is 2.04. The monoisotopic (exact) mass is 382 g/mol. The Labute approximate surface area is 164 Å². The smallest absolute Gasteiger partial charge is 0.293 e. The first-order valence-electron chi connectivity index (χ1n) is 9.62. The van der Waals surface area contributed by atoms with Crippen LogP contribution in [0.15, 0.2) is 42.5 Å². The van der Waals surface area contributed by atoms with Crippen LogP contribution in [0.3, 0.4) is 0 Å². The van der Waals surface area contributed by atoms with Crippen molar-refractivity contribution in [3.63, 3.8) is 0 Å². The van der Waals surface area contributed by atoms with E-state index in [1.807, 2.05) is 25.1 Å². The molecule has 1 aliphatic carbocycles. The van der Waals surface area contributed by atoms with Crippen LogP contribution in [-0.2, 0) is 0 Å². The number of hydrogen-bond acceptors (Lipinski definition) is 5. The number of carbonyl (C=O) groups excluding carboxylic acids is 1. The summed E-state index contributed by atoms with van der Waals surface area (Å²) in [7, 11) is 0. The Morgan fingerprint density at radius 2 is 2.04 bits per heavy atom. The zero-order valence-corrected chi connectivity index (χ0v) is 16.3. The normalized spacial score (nSPS) is 13.1. The van der Waals surface area contributed by atoms with Gasteiger partial charge in [0, 0.05) is 43.0 Å². The Hall–Kier alpha value is -3.09. The molecule has 7 nitrogen and oxygen atoms in total. The number of rotatable bonds is 9. The first-order valence-corrected chi connectivity index (χ1v) is 9.62. The summed E-state index contributed by atoms with van der Waals surface area (Å²) in [6.45, 7) is 6.06. The first-order chi connectivity index (χ1) is 13.5. The van der Waals surface area contributed by atoms with Gasteiger partial charge in [0.25, 0.3) is 11.6 Å². The number of nitrogens with one attached hydrogen (secondary N) is 2. The van der Waals surface area contributed by atoms with Crippen LogP contribution in [0, 0.1) is 17.0 Å². The molecule has 0 unspecified atom stereocenters. The van der Waals surface area contributed by atoms with Gasteiger partial charge >= 0.3 is 0 Å². The zero-order chi connectivity index (χ0) is 20.1. The number of carbonyl (C=O) groups is 1. The molecular formula is C21H26N4O3. The molecule has 0 spiro atoms. The standard InChI is InChI=1S/C21H26N4O3/c1-3-24(18-6-4-5-15(2)13-18)12-11-22-21(26)16-7-10-19(23-17-8-9-17)20(14-16)25(27)28/h4-7,10,13-14,17,23H,3,8-9,11-12H2,1-2H3,(H,22,26). The van der Waals surface area contributed by atoms with E-state index in [2.05, 4.69) is 28.5 Å². The van der Waals surface area contributed by atoms with Crippen molar-refractivity contribution in [2.45, 2.75) is 32.7 Å². The van der Waals surface area contributed by atoms with E-state index in [9.17, 15) is 14.9 Å². The molecule has 0 heterocycles. The third-order valence-electron chi connectivity index (χ3n) is 4.81. The molecule has 2 aromatic carbocycles. The number of anilines is 2. The van der Waals surface area contributed by atoms with E-state index in [0.29, 0.717) is 30.4 Å². The van der Waals surface area contributed by atoms with E-state index in [1.54, 1.807) is 12.1 Å². The van der Waals surface area contributed by atoms with Gasteiger partial charge in [-0.15, -0.1) is 0 Å². The SMILES string of the molecule is CCN(CCNC(=O)c1ccc(NC2CC2)c([N+](=O)[O-])c1)c1cccc(C)c1. The van der Waals surface area contributed by atoms with Crippen molar-refractivity contribution in [2.75, 3.05) is 29.9 Å². The molecule has 28 heavy (non-hydrogen) atoms. The molecule has 0 saturated heterocycles. The van der Waals surface area contributed by atoms with Gasteiger partial charge in [0.15, 0.2) is 0 Å². The Balaban J connectivity index is 1.61. The van der Waals surface area contributed by atoms with Crippen LogP contribution in [0.1, 0.15) is 35.7 Å². The highest BCUT2D eigenvalue weighted by Gasteiger charge is 2.25. The predicted octanol–water partition coefficient (Wildman–Crippen LogP) is 3.73. The second kappa shape index (κ2) is 8.73. The molecule has 1 saturated carbocycles. The van der Waals surface area contributed by atoms with Crippen molar-refractivity contribution in [1.82, 2.24) is 5.32 Å². The summed E-state index contributed by atoms with van der Waals surface area (Å²) in [4.78, 5) is 25.5. The largest absolute Gasteiger partial charge is 0.377 e. The maximum absolute atomic E-state index is 12.5. The Bertz CT molecular complexity index is 864. The molecule has 7 heteroatoms. The summed E-state index contributed by atoms with van der Waals surface area (Å²) in [5, 5.41) is 17.4. The lowest BCUT2D eigenvalue weighted by molar-refractivity contribution is -0.384. The first kappa shape index (κ1) is 19.7. The molecular weight excluding hydrogens is 356 g/mol. The predicted molar refractivity (Wildman–Crippen MR) is 111 cm³/mol. The Morgan fingerprint density at radius 1 is 1.25 bits per heavy atom. The van der Waals surface area contributed by atoms with Crippen LogP contribution < -0.4 is 15.5 Å². The second-order valence-corrected chi connectivity index (χ2v) is 7.08. The minimum absolute atomic E-state index is 0.0607. The van der Waals surface area contributed by atoms with E-state index in [1.165, 1.54) is 11.6 Å². The fraction of sp³-hybridized carbons (Fsp3) is 0.381. The van der Waals surface area contributed by atoms with E-state index in [4.69, 9.17) is 0 Å². The molecule has 2 N–H and O–H groups in total. The molecule has 0 aliphatic heterocycles. The number of nitro benzene ring substituents is 1. The third-order valence-corrected chi connectivity index (χ3v) is 4.81. The summed E-state index contributed by atoms with van der Waals surface area (Å²) < 4.78 is 0. The number of nitro groups is 1. The highest BCUT2D eigenvalue weighted by molar-refractivity contribution is 5.95. The lowest BCUT2D eigenvalue weighted by Crippen LogP contribution is -2.35. The molecule has 0 aromatic heterocycles. The van der Waals surface area contributed by atoms with E-state index >= 15 is 0 Å². The number of benzene rings is 2. The van der Waals surface area contributed by atoms with Crippen molar-refractivity contribution in [3.8, 4) is 0 Å². The van der Waals surface area contributed by atoms with E-state index in [-0.39, 0.29) is 11.6 Å². The van der Waals surface area contributed by atoms with E-state index in [0.717, 1.165) is 25.1 Å². The Kier molecular flexibility index (Phi) is 6.13. The summed E-state index contributed by atoms with van der Waals surface area (Å²) >= 11 is 0. The summed E-state index contributed by atoms with van der Waals surface area (Å²) in [5.41, 5.74) is 3.01. The number of aryl methyl sites for hydroxylation is 1. The van der Waals surface area contributed by atoms with Crippen LogP contribution >= 0.6 is 0 Å². The number of amides is 1. The maximum Gasteiger partial charge on any atom is 0.293 e. The highest BCUT2D eigenvalue weighted by atomic mass is 16.6. The van der Waals surface area contributed by atoms with Gasteiger partial charge in [0.05, 0.1) is 4.92 Å². The van der Waals surface area contributed by atoms with Crippen molar-refractivity contribution in [1.29, 1.82) is 0 Å². The minimum Gasteiger partial charge on any atom is -0.377 e. The van der Waals surface area contributed by atoms with Gasteiger partial charge in [-0.2, -0.15) is 0 Å². The van der Waals surface area contributed by atoms with Crippen LogP contribution in [0.25, 0.3) is 0 Å². The van der Waals surface area contributed by atoms with Crippen LogP contribution in [0.2, 0.25) is 0 Å². The summed E-state index contributed by atoms with van der Waals surface area (Å²) in [6, 6.07) is 13.1. The highest BCUT2D eigenvalue weighted by Crippen LogP contribution is 2.31. The molecule has 1 aliphatic rings. The fourth-order valence-electron chi connectivity index (χ4n) is 3.09.